The fourth-order valence-electron chi connectivity index (χ4n) is 2.14. The Morgan fingerprint density at radius 1 is 1.04 bits per heavy atom. The Hall–Kier alpha value is -2.53. The molecule has 1 heterocycles. The van der Waals surface area contributed by atoms with Gasteiger partial charge >= 0.3 is 0 Å². The molecule has 2 aromatic carbocycles. The van der Waals surface area contributed by atoms with Crippen molar-refractivity contribution in [3.63, 3.8) is 0 Å². The van der Waals surface area contributed by atoms with E-state index in [4.69, 9.17) is 4.74 Å². The molecule has 0 unspecified atom stereocenters. The van der Waals surface area contributed by atoms with E-state index in [0.29, 0.717) is 5.69 Å². The number of aromatic nitrogens is 2. The van der Waals surface area contributed by atoms with Crippen LogP contribution in [-0.2, 0) is 0 Å². The fourth-order valence-corrected chi connectivity index (χ4v) is 3.00. The normalized spacial score (nSPS) is 10.5. The molecule has 23 heavy (non-hydrogen) atoms. The number of ether oxygens (including phenoxy) is 1. The Bertz CT molecular complexity index is 858. The third-order valence-electron chi connectivity index (χ3n) is 3.35. The zero-order valence-electron chi connectivity index (χ0n) is 12.9. The van der Waals surface area contributed by atoms with E-state index < -0.39 is 0 Å². The summed E-state index contributed by atoms with van der Waals surface area (Å²) < 4.78 is 6.56. The maximum Gasteiger partial charge on any atom is 0.271 e. The Kier molecular flexibility index (Phi) is 4.48. The van der Waals surface area contributed by atoms with Gasteiger partial charge in [-0.3, -0.25) is 4.79 Å². The SMILES string of the molecule is COc1ccc(-n2nc(Sc3ccccc3)c(C)cc2=O)cc1. The summed E-state index contributed by atoms with van der Waals surface area (Å²) in [7, 11) is 1.61. The standard InChI is InChI=1S/C18H16N2O2S/c1-13-12-17(21)20(14-8-10-15(22-2)11-9-14)19-18(13)23-16-6-4-3-5-7-16/h3-12H,1-2H3. The zero-order valence-corrected chi connectivity index (χ0v) is 13.7. The summed E-state index contributed by atoms with van der Waals surface area (Å²) in [5.41, 5.74) is 1.43. The number of benzene rings is 2. The van der Waals surface area contributed by atoms with E-state index >= 15 is 0 Å². The monoisotopic (exact) mass is 324 g/mol. The van der Waals surface area contributed by atoms with Crippen molar-refractivity contribution >= 4 is 11.8 Å². The van der Waals surface area contributed by atoms with Crippen LogP contribution in [0.3, 0.4) is 0 Å². The molecule has 0 aliphatic carbocycles. The Morgan fingerprint density at radius 2 is 1.74 bits per heavy atom. The van der Waals surface area contributed by atoms with Gasteiger partial charge in [0.05, 0.1) is 12.8 Å². The average Bonchev–Trinajstić information content (AvgIpc) is 2.58. The minimum atomic E-state index is -0.148. The molecule has 0 atom stereocenters. The summed E-state index contributed by atoms with van der Waals surface area (Å²) in [6.45, 7) is 1.90. The van der Waals surface area contributed by atoms with E-state index in [1.807, 2.05) is 61.5 Å². The molecule has 3 aromatic rings. The van der Waals surface area contributed by atoms with E-state index in [2.05, 4.69) is 5.10 Å². The third kappa shape index (κ3) is 3.46. The van der Waals surface area contributed by atoms with Gasteiger partial charge in [0.25, 0.3) is 5.56 Å². The van der Waals surface area contributed by atoms with E-state index in [-0.39, 0.29) is 5.56 Å². The van der Waals surface area contributed by atoms with Crippen LogP contribution >= 0.6 is 11.8 Å². The van der Waals surface area contributed by atoms with Gasteiger partial charge in [0.1, 0.15) is 10.8 Å². The van der Waals surface area contributed by atoms with Crippen LogP contribution in [0.15, 0.2) is 75.4 Å². The summed E-state index contributed by atoms with van der Waals surface area (Å²) >= 11 is 1.54. The lowest BCUT2D eigenvalue weighted by Gasteiger charge is -2.10. The van der Waals surface area contributed by atoms with Crippen molar-refractivity contribution in [1.29, 1.82) is 0 Å². The number of aryl methyl sites for hydroxylation is 1. The molecule has 0 N–H and O–H groups in total. The highest BCUT2D eigenvalue weighted by Gasteiger charge is 2.09. The molecule has 0 saturated carbocycles. The Labute approximate surface area is 138 Å². The topological polar surface area (TPSA) is 44.1 Å². The third-order valence-corrected chi connectivity index (χ3v) is 4.46. The maximum absolute atomic E-state index is 12.3. The van der Waals surface area contributed by atoms with Crippen LogP contribution in [0.1, 0.15) is 5.56 Å². The number of nitrogens with zero attached hydrogens (tertiary/aromatic N) is 2. The first kappa shape index (κ1) is 15.4. The van der Waals surface area contributed by atoms with Crippen molar-refractivity contribution in [1.82, 2.24) is 9.78 Å². The molecule has 0 amide bonds. The van der Waals surface area contributed by atoms with Gasteiger partial charge in [-0.25, -0.2) is 0 Å². The van der Waals surface area contributed by atoms with Gasteiger partial charge in [0.15, 0.2) is 0 Å². The molecule has 3 rings (SSSR count). The number of methoxy groups -OCH3 is 1. The largest absolute Gasteiger partial charge is 0.497 e. The minimum absolute atomic E-state index is 0.148. The van der Waals surface area contributed by atoms with Crippen LogP contribution < -0.4 is 10.3 Å². The predicted octanol–water partition coefficient (Wildman–Crippen LogP) is 3.70. The molecule has 0 radical (unpaired) electrons. The lowest BCUT2D eigenvalue weighted by molar-refractivity contribution is 0.414. The lowest BCUT2D eigenvalue weighted by atomic mass is 10.3. The van der Waals surface area contributed by atoms with Gasteiger partial charge in [0, 0.05) is 11.0 Å². The van der Waals surface area contributed by atoms with E-state index in [1.54, 1.807) is 24.9 Å². The lowest BCUT2D eigenvalue weighted by Crippen LogP contribution is -2.21. The smallest absolute Gasteiger partial charge is 0.271 e. The summed E-state index contributed by atoms with van der Waals surface area (Å²) in [6, 6.07) is 18.9. The number of hydrogen-bond donors (Lipinski definition) is 0. The Morgan fingerprint density at radius 3 is 2.39 bits per heavy atom. The molecule has 5 heteroatoms. The molecule has 0 spiro atoms. The van der Waals surface area contributed by atoms with Crippen molar-refractivity contribution in [3.8, 4) is 11.4 Å². The molecule has 0 bridgehead atoms. The highest BCUT2D eigenvalue weighted by molar-refractivity contribution is 7.99. The molecule has 116 valence electrons. The van der Waals surface area contributed by atoms with Crippen molar-refractivity contribution in [2.45, 2.75) is 16.8 Å². The summed E-state index contributed by atoms with van der Waals surface area (Å²) in [5, 5.41) is 5.33. The van der Waals surface area contributed by atoms with Crippen LogP contribution in [0.4, 0.5) is 0 Å². The van der Waals surface area contributed by atoms with Gasteiger partial charge in [-0.1, -0.05) is 30.0 Å². The van der Waals surface area contributed by atoms with Crippen LogP contribution in [0, 0.1) is 6.92 Å². The van der Waals surface area contributed by atoms with Gasteiger partial charge in [-0.05, 0) is 48.9 Å². The van der Waals surface area contributed by atoms with Gasteiger partial charge in [-0.15, -0.1) is 0 Å². The number of hydrogen-bond acceptors (Lipinski definition) is 4. The second-order valence-corrected chi connectivity index (χ2v) is 6.06. The molecule has 0 fully saturated rings. The summed E-state index contributed by atoms with van der Waals surface area (Å²) in [6.07, 6.45) is 0. The first-order valence-corrected chi connectivity index (χ1v) is 7.97. The van der Waals surface area contributed by atoms with Crippen LogP contribution in [0.2, 0.25) is 0 Å². The quantitative estimate of drug-likeness (QED) is 0.734. The van der Waals surface area contributed by atoms with Gasteiger partial charge in [0.2, 0.25) is 0 Å². The van der Waals surface area contributed by atoms with Crippen LogP contribution in [0.5, 0.6) is 5.75 Å². The van der Waals surface area contributed by atoms with E-state index in [1.165, 1.54) is 4.68 Å². The molecule has 4 nitrogen and oxygen atoms in total. The second-order valence-electron chi connectivity index (χ2n) is 5.00. The minimum Gasteiger partial charge on any atom is -0.497 e. The molecule has 0 aliphatic rings. The van der Waals surface area contributed by atoms with Crippen molar-refractivity contribution < 1.29 is 4.74 Å². The highest BCUT2D eigenvalue weighted by Crippen LogP contribution is 2.27. The predicted molar refractivity (Wildman–Crippen MR) is 91.7 cm³/mol. The van der Waals surface area contributed by atoms with Crippen molar-refractivity contribution in [3.05, 3.63) is 76.6 Å². The summed E-state index contributed by atoms with van der Waals surface area (Å²) in [5.74, 6) is 0.743. The highest BCUT2D eigenvalue weighted by atomic mass is 32.2. The summed E-state index contributed by atoms with van der Waals surface area (Å²) in [4.78, 5) is 13.3. The fraction of sp³-hybridized carbons (Fsp3) is 0.111. The molecule has 1 aromatic heterocycles. The molecule has 0 aliphatic heterocycles. The molecular formula is C18H16N2O2S. The molecule has 0 saturated heterocycles. The average molecular weight is 324 g/mol. The number of rotatable bonds is 4. The van der Waals surface area contributed by atoms with Crippen molar-refractivity contribution in [2.75, 3.05) is 7.11 Å². The molecular weight excluding hydrogens is 308 g/mol. The first-order valence-electron chi connectivity index (χ1n) is 7.15. The van der Waals surface area contributed by atoms with E-state index in [0.717, 1.165) is 21.2 Å². The second kappa shape index (κ2) is 6.71. The van der Waals surface area contributed by atoms with Crippen LogP contribution in [-0.4, -0.2) is 16.9 Å². The zero-order chi connectivity index (χ0) is 16.2. The maximum atomic E-state index is 12.3. The Balaban J connectivity index is 2.00. The van der Waals surface area contributed by atoms with Crippen LogP contribution in [0.25, 0.3) is 5.69 Å². The van der Waals surface area contributed by atoms with Crippen molar-refractivity contribution in [2.24, 2.45) is 0 Å². The van der Waals surface area contributed by atoms with Gasteiger partial charge in [-0.2, -0.15) is 9.78 Å². The van der Waals surface area contributed by atoms with E-state index in [9.17, 15) is 4.79 Å². The first-order chi connectivity index (χ1) is 11.2. The van der Waals surface area contributed by atoms with Gasteiger partial charge < -0.3 is 4.74 Å².